The van der Waals surface area contributed by atoms with Gasteiger partial charge in [0.05, 0.1) is 30.6 Å². The molecule has 4 heterocycles. The summed E-state index contributed by atoms with van der Waals surface area (Å²) in [5, 5.41) is 16.5. The fourth-order valence-electron chi connectivity index (χ4n) is 3.47. The van der Waals surface area contributed by atoms with Gasteiger partial charge in [0.2, 0.25) is 0 Å². The first-order chi connectivity index (χ1) is 13.8. The van der Waals surface area contributed by atoms with Gasteiger partial charge in [0.1, 0.15) is 11.9 Å². The van der Waals surface area contributed by atoms with Gasteiger partial charge in [-0.2, -0.15) is 10.2 Å². The molecule has 5 rings (SSSR count). The SMILES string of the molecule is O=c1ccc(-c2ccncc2)nn1C1COCC1Nc1ccc(C2CC2)nn1. The van der Waals surface area contributed by atoms with Crippen molar-refractivity contribution in [1.29, 1.82) is 0 Å². The molecule has 2 aliphatic rings. The molecule has 8 heteroatoms. The van der Waals surface area contributed by atoms with Gasteiger partial charge < -0.3 is 10.1 Å². The summed E-state index contributed by atoms with van der Waals surface area (Å²) >= 11 is 0. The first-order valence-electron chi connectivity index (χ1n) is 9.46. The number of aromatic nitrogens is 5. The molecule has 3 aromatic heterocycles. The van der Waals surface area contributed by atoms with E-state index in [1.54, 1.807) is 24.5 Å². The molecule has 0 aromatic carbocycles. The molecular formula is C20H20N6O2. The molecule has 2 unspecified atom stereocenters. The van der Waals surface area contributed by atoms with E-state index in [0.29, 0.717) is 24.9 Å². The van der Waals surface area contributed by atoms with Gasteiger partial charge in [0.15, 0.2) is 0 Å². The Labute approximate surface area is 161 Å². The minimum Gasteiger partial charge on any atom is -0.377 e. The largest absolute Gasteiger partial charge is 0.377 e. The maximum absolute atomic E-state index is 12.5. The van der Waals surface area contributed by atoms with Crippen molar-refractivity contribution in [2.24, 2.45) is 0 Å². The lowest BCUT2D eigenvalue weighted by molar-refractivity contribution is 0.183. The Morgan fingerprint density at radius 1 is 1.00 bits per heavy atom. The monoisotopic (exact) mass is 376 g/mol. The molecule has 0 bridgehead atoms. The van der Waals surface area contributed by atoms with E-state index in [1.165, 1.54) is 17.5 Å². The number of anilines is 1. The molecule has 142 valence electrons. The smallest absolute Gasteiger partial charge is 0.267 e. The maximum atomic E-state index is 12.5. The number of ether oxygens (including phenoxy) is 1. The van der Waals surface area contributed by atoms with Crippen LogP contribution < -0.4 is 10.9 Å². The highest BCUT2D eigenvalue weighted by atomic mass is 16.5. The molecule has 1 N–H and O–H groups in total. The van der Waals surface area contributed by atoms with Crippen LogP contribution in [0, 0.1) is 0 Å². The predicted molar refractivity (Wildman–Crippen MR) is 103 cm³/mol. The van der Waals surface area contributed by atoms with Gasteiger partial charge in [0.25, 0.3) is 5.56 Å². The fourth-order valence-corrected chi connectivity index (χ4v) is 3.47. The van der Waals surface area contributed by atoms with Crippen molar-refractivity contribution < 1.29 is 4.74 Å². The van der Waals surface area contributed by atoms with Crippen LogP contribution in [0.15, 0.2) is 53.6 Å². The molecule has 0 radical (unpaired) electrons. The van der Waals surface area contributed by atoms with Crippen LogP contribution in [0.25, 0.3) is 11.3 Å². The van der Waals surface area contributed by atoms with Gasteiger partial charge in [-0.05, 0) is 43.2 Å². The molecular weight excluding hydrogens is 356 g/mol. The van der Waals surface area contributed by atoms with E-state index >= 15 is 0 Å². The Morgan fingerprint density at radius 3 is 2.61 bits per heavy atom. The predicted octanol–water partition coefficient (Wildman–Crippen LogP) is 2.02. The average Bonchev–Trinajstić information content (AvgIpc) is 3.49. The Bertz CT molecular complexity index is 1020. The van der Waals surface area contributed by atoms with E-state index in [0.717, 1.165) is 17.0 Å². The average molecular weight is 376 g/mol. The van der Waals surface area contributed by atoms with E-state index in [2.05, 4.69) is 25.6 Å². The van der Waals surface area contributed by atoms with Crippen molar-refractivity contribution in [3.8, 4) is 11.3 Å². The summed E-state index contributed by atoms with van der Waals surface area (Å²) in [6, 6.07) is 10.6. The Morgan fingerprint density at radius 2 is 1.86 bits per heavy atom. The van der Waals surface area contributed by atoms with Crippen molar-refractivity contribution in [3.63, 3.8) is 0 Å². The van der Waals surface area contributed by atoms with Gasteiger partial charge in [0, 0.05) is 29.9 Å². The normalized spacial score (nSPS) is 21.6. The van der Waals surface area contributed by atoms with E-state index in [-0.39, 0.29) is 17.6 Å². The number of hydrogen-bond acceptors (Lipinski definition) is 7. The second-order valence-electron chi connectivity index (χ2n) is 7.21. The second-order valence-corrected chi connectivity index (χ2v) is 7.21. The summed E-state index contributed by atoms with van der Waals surface area (Å²) < 4.78 is 7.15. The molecule has 1 aliphatic carbocycles. The van der Waals surface area contributed by atoms with Crippen LogP contribution in [0.1, 0.15) is 30.5 Å². The standard InChI is InChI=1S/C20H20N6O2/c27-20-6-4-16(14-7-9-21-10-8-14)25-26(20)18-12-28-11-17(18)22-19-5-3-15(23-24-19)13-1-2-13/h3-10,13,17-18H,1-2,11-12H2,(H,22,24). The lowest BCUT2D eigenvalue weighted by Gasteiger charge is -2.21. The minimum absolute atomic E-state index is 0.112. The van der Waals surface area contributed by atoms with Crippen molar-refractivity contribution in [3.05, 3.63) is 64.8 Å². The highest BCUT2D eigenvalue weighted by Crippen LogP contribution is 2.38. The zero-order chi connectivity index (χ0) is 18.9. The highest BCUT2D eigenvalue weighted by molar-refractivity contribution is 5.57. The number of nitrogens with zero attached hydrogens (tertiary/aromatic N) is 5. The van der Waals surface area contributed by atoms with Gasteiger partial charge >= 0.3 is 0 Å². The third kappa shape index (κ3) is 3.38. The minimum atomic E-state index is -0.223. The van der Waals surface area contributed by atoms with Crippen molar-refractivity contribution in [2.75, 3.05) is 18.5 Å². The van der Waals surface area contributed by atoms with E-state index in [4.69, 9.17) is 4.74 Å². The van der Waals surface area contributed by atoms with Crippen LogP contribution in [0.4, 0.5) is 5.82 Å². The first kappa shape index (κ1) is 17.0. The molecule has 0 amide bonds. The third-order valence-electron chi connectivity index (χ3n) is 5.18. The van der Waals surface area contributed by atoms with Crippen molar-refractivity contribution >= 4 is 5.82 Å². The van der Waals surface area contributed by atoms with E-state index < -0.39 is 0 Å². The zero-order valence-corrected chi connectivity index (χ0v) is 15.2. The van der Waals surface area contributed by atoms with E-state index in [9.17, 15) is 4.79 Å². The number of nitrogens with one attached hydrogen (secondary N) is 1. The summed E-state index contributed by atoms with van der Waals surface area (Å²) in [5.41, 5.74) is 2.53. The molecule has 2 atom stereocenters. The lowest BCUT2D eigenvalue weighted by atomic mass is 10.1. The Kier molecular flexibility index (Phi) is 4.32. The number of pyridine rings is 1. The molecule has 3 aromatic rings. The molecule has 8 nitrogen and oxygen atoms in total. The van der Waals surface area contributed by atoms with Gasteiger partial charge in [-0.1, -0.05) is 0 Å². The summed E-state index contributed by atoms with van der Waals surface area (Å²) in [6.45, 7) is 0.891. The first-order valence-corrected chi connectivity index (χ1v) is 9.46. The Hall–Kier alpha value is -3.13. The summed E-state index contributed by atoms with van der Waals surface area (Å²) in [4.78, 5) is 16.5. The number of hydrogen-bond donors (Lipinski definition) is 1. The lowest BCUT2D eigenvalue weighted by Crippen LogP contribution is -2.37. The molecule has 1 saturated heterocycles. The summed E-state index contributed by atoms with van der Waals surface area (Å²) in [5.74, 6) is 1.26. The van der Waals surface area contributed by atoms with Crippen molar-refractivity contribution in [1.82, 2.24) is 25.0 Å². The molecule has 28 heavy (non-hydrogen) atoms. The highest BCUT2D eigenvalue weighted by Gasteiger charge is 2.32. The third-order valence-corrected chi connectivity index (χ3v) is 5.18. The van der Waals surface area contributed by atoms with Crippen LogP contribution in [0.5, 0.6) is 0 Å². The Balaban J connectivity index is 1.39. The maximum Gasteiger partial charge on any atom is 0.267 e. The number of rotatable bonds is 5. The van der Waals surface area contributed by atoms with Crippen LogP contribution in [-0.2, 0) is 4.74 Å². The van der Waals surface area contributed by atoms with E-state index in [1.807, 2.05) is 24.3 Å². The second kappa shape index (κ2) is 7.12. The summed E-state index contributed by atoms with van der Waals surface area (Å²) in [6.07, 6.45) is 5.81. The van der Waals surface area contributed by atoms with Gasteiger partial charge in [-0.25, -0.2) is 4.68 Å². The van der Waals surface area contributed by atoms with Crippen LogP contribution >= 0.6 is 0 Å². The van der Waals surface area contributed by atoms with Crippen LogP contribution in [0.2, 0.25) is 0 Å². The molecule has 1 saturated carbocycles. The zero-order valence-electron chi connectivity index (χ0n) is 15.2. The summed E-state index contributed by atoms with van der Waals surface area (Å²) in [7, 11) is 0. The van der Waals surface area contributed by atoms with Gasteiger partial charge in [-0.15, -0.1) is 5.10 Å². The molecule has 1 aliphatic heterocycles. The molecule has 2 fully saturated rings. The van der Waals surface area contributed by atoms with Crippen LogP contribution in [-0.4, -0.2) is 44.2 Å². The van der Waals surface area contributed by atoms with Gasteiger partial charge in [-0.3, -0.25) is 9.78 Å². The van der Waals surface area contributed by atoms with Crippen LogP contribution in [0.3, 0.4) is 0 Å². The van der Waals surface area contributed by atoms with Crippen molar-refractivity contribution in [2.45, 2.75) is 30.8 Å². The molecule has 0 spiro atoms. The fraction of sp³-hybridized carbons (Fsp3) is 0.350. The quantitative estimate of drug-likeness (QED) is 0.728. The topological polar surface area (TPSA) is 94.8 Å².